The van der Waals surface area contributed by atoms with Crippen molar-refractivity contribution in [2.75, 3.05) is 105 Å². The number of hydrogen-bond acceptors (Lipinski definition) is 8. The van der Waals surface area contributed by atoms with Crippen molar-refractivity contribution in [3.05, 3.63) is 106 Å². The third-order valence-corrected chi connectivity index (χ3v) is 10.5. The van der Waals surface area contributed by atoms with Crippen LogP contribution in [0.2, 0.25) is 0 Å². The van der Waals surface area contributed by atoms with Crippen molar-refractivity contribution < 1.29 is 0 Å². The molecule has 9 heteroatoms. The van der Waals surface area contributed by atoms with Gasteiger partial charge in [0.15, 0.2) is 0 Å². The Balaban J connectivity index is 1.21. The molecule has 0 radical (unpaired) electrons. The Morgan fingerprint density at radius 3 is 1.94 bits per heavy atom. The van der Waals surface area contributed by atoms with E-state index in [1.165, 1.54) is 41.5 Å². The van der Waals surface area contributed by atoms with Crippen LogP contribution in [0.1, 0.15) is 53.9 Å². The maximum atomic E-state index is 6.60. The maximum absolute atomic E-state index is 6.60. The largest absolute Gasteiger partial charge is 0.390 e. The first-order valence-electron chi connectivity index (χ1n) is 19.8. The lowest BCUT2D eigenvalue weighted by molar-refractivity contribution is 0.260. The number of halogens is 1. The summed E-state index contributed by atoms with van der Waals surface area (Å²) < 4.78 is 0. The maximum Gasteiger partial charge on any atom is 0.0366 e. The highest BCUT2D eigenvalue weighted by Gasteiger charge is 2.25. The van der Waals surface area contributed by atoms with Gasteiger partial charge < -0.3 is 36.8 Å². The normalized spacial score (nSPS) is 23.2. The minimum Gasteiger partial charge on any atom is -0.390 e. The molecule has 2 aromatic carbocycles. The number of benzene rings is 2. The third-order valence-electron chi connectivity index (χ3n) is 10.3. The number of nitrogens with zero attached hydrogens (tertiary/aromatic N) is 2. The summed E-state index contributed by atoms with van der Waals surface area (Å²) in [6.45, 7) is 17.7. The Hall–Kier alpha value is -2.53. The highest BCUT2D eigenvalue weighted by atomic mass is 35.5. The first-order chi connectivity index (χ1) is 25.2. The standard InChI is InChI=1S/C42H65ClN8/c43-41-7-1-6-40(34-41)42(39-14-10-37(11-15-39)35-51-30-5-22-47-26-24-45-18-3-20-49-28-33-51)38-12-8-36(9-13-38)16-31-50-29-4-21-46-25-23-44-17-2-19-48-27-32-50/h1-2,7-15,17,34,40,42,44-49H,3-6,16,18-33,35H2/b17-2-. The smallest absolute Gasteiger partial charge is 0.0366 e. The molecule has 2 unspecified atom stereocenters. The van der Waals surface area contributed by atoms with Gasteiger partial charge in [-0.3, -0.25) is 4.90 Å². The van der Waals surface area contributed by atoms with Crippen molar-refractivity contribution >= 4 is 11.6 Å². The van der Waals surface area contributed by atoms with Gasteiger partial charge in [-0.15, -0.1) is 0 Å². The molecule has 2 aliphatic heterocycles. The van der Waals surface area contributed by atoms with Crippen molar-refractivity contribution in [2.45, 2.75) is 44.6 Å². The van der Waals surface area contributed by atoms with Gasteiger partial charge in [0.25, 0.3) is 0 Å². The van der Waals surface area contributed by atoms with Crippen LogP contribution in [-0.2, 0) is 13.0 Å². The molecule has 2 atom stereocenters. The van der Waals surface area contributed by atoms with Gasteiger partial charge >= 0.3 is 0 Å². The number of hydrogen-bond donors (Lipinski definition) is 6. The minimum absolute atomic E-state index is 0.261. The Morgan fingerprint density at radius 2 is 1.22 bits per heavy atom. The van der Waals surface area contributed by atoms with E-state index in [1.807, 2.05) is 6.08 Å². The topological polar surface area (TPSA) is 78.7 Å². The predicted molar refractivity (Wildman–Crippen MR) is 217 cm³/mol. The molecule has 1 aliphatic carbocycles. The third kappa shape index (κ3) is 15.2. The van der Waals surface area contributed by atoms with Crippen LogP contribution in [0.25, 0.3) is 0 Å². The first-order valence-corrected chi connectivity index (χ1v) is 20.2. The van der Waals surface area contributed by atoms with E-state index in [2.05, 4.69) is 115 Å². The van der Waals surface area contributed by atoms with Crippen LogP contribution >= 0.6 is 11.6 Å². The molecule has 0 bridgehead atoms. The summed E-state index contributed by atoms with van der Waals surface area (Å²) in [5.74, 6) is 0.594. The van der Waals surface area contributed by atoms with E-state index in [1.54, 1.807) is 0 Å². The fourth-order valence-corrected chi connectivity index (χ4v) is 7.63. The molecule has 3 aliphatic rings. The van der Waals surface area contributed by atoms with Gasteiger partial charge in [-0.2, -0.15) is 0 Å². The second kappa shape index (κ2) is 23.9. The van der Waals surface area contributed by atoms with Crippen LogP contribution in [0.4, 0.5) is 0 Å². The number of rotatable bonds is 8. The van der Waals surface area contributed by atoms with Crippen LogP contribution < -0.4 is 31.9 Å². The lowest BCUT2D eigenvalue weighted by Gasteiger charge is -2.28. The molecule has 1 saturated heterocycles. The molecule has 6 N–H and O–H groups in total. The molecular formula is C42H65ClN8. The van der Waals surface area contributed by atoms with Crippen molar-refractivity contribution in [1.29, 1.82) is 0 Å². The van der Waals surface area contributed by atoms with Crippen LogP contribution in [0.3, 0.4) is 0 Å². The SMILES string of the molecule is ClC1=CC(C(c2ccc(CCN3CCCNCCN/C=C\CNCC3)cc2)c2ccc(CN3CCCNCCNCCCNCC3)cc2)CC=C1. The van der Waals surface area contributed by atoms with Crippen molar-refractivity contribution in [3.63, 3.8) is 0 Å². The molecule has 2 aromatic rings. The van der Waals surface area contributed by atoms with E-state index in [-0.39, 0.29) is 5.92 Å². The summed E-state index contributed by atoms with van der Waals surface area (Å²) >= 11 is 6.60. The van der Waals surface area contributed by atoms with Crippen molar-refractivity contribution in [3.8, 4) is 0 Å². The number of allylic oxidation sites excluding steroid dienone is 4. The molecular weight excluding hydrogens is 652 g/mol. The second-order valence-corrected chi connectivity index (χ2v) is 14.7. The fraction of sp³-hybridized carbons (Fsp3) is 0.571. The Bertz CT molecular complexity index is 1300. The lowest BCUT2D eigenvalue weighted by atomic mass is 9.77. The first kappa shape index (κ1) is 39.7. The average molecular weight is 717 g/mol. The van der Waals surface area contributed by atoms with E-state index in [0.717, 1.165) is 129 Å². The van der Waals surface area contributed by atoms with Crippen LogP contribution in [0.5, 0.6) is 0 Å². The highest BCUT2D eigenvalue weighted by molar-refractivity contribution is 6.31. The van der Waals surface area contributed by atoms with Crippen LogP contribution in [0.15, 0.2) is 84.1 Å². The van der Waals surface area contributed by atoms with E-state index in [0.29, 0.717) is 5.92 Å². The Labute approximate surface area is 313 Å². The predicted octanol–water partition coefficient (Wildman–Crippen LogP) is 4.41. The molecule has 5 rings (SSSR count). The highest BCUT2D eigenvalue weighted by Crippen LogP contribution is 2.38. The zero-order valence-electron chi connectivity index (χ0n) is 31.0. The fourth-order valence-electron chi connectivity index (χ4n) is 7.37. The van der Waals surface area contributed by atoms with E-state index in [4.69, 9.17) is 11.6 Å². The Morgan fingerprint density at radius 1 is 0.608 bits per heavy atom. The summed E-state index contributed by atoms with van der Waals surface area (Å²) in [5.41, 5.74) is 5.52. The Kier molecular flexibility index (Phi) is 18.6. The van der Waals surface area contributed by atoms with Gasteiger partial charge in [0.2, 0.25) is 0 Å². The van der Waals surface area contributed by atoms with Gasteiger partial charge in [0, 0.05) is 82.9 Å². The van der Waals surface area contributed by atoms with Gasteiger partial charge in [0.1, 0.15) is 0 Å². The molecule has 2 heterocycles. The van der Waals surface area contributed by atoms with E-state index < -0.39 is 0 Å². The zero-order valence-corrected chi connectivity index (χ0v) is 31.7. The van der Waals surface area contributed by atoms with Gasteiger partial charge in [-0.05, 0) is 112 Å². The number of nitrogens with one attached hydrogen (secondary N) is 6. The zero-order chi connectivity index (χ0) is 35.2. The lowest BCUT2D eigenvalue weighted by Crippen LogP contribution is -2.36. The molecule has 0 aromatic heterocycles. The summed E-state index contributed by atoms with van der Waals surface area (Å²) in [4.78, 5) is 5.23. The summed E-state index contributed by atoms with van der Waals surface area (Å²) in [6, 6.07) is 19.0. The van der Waals surface area contributed by atoms with Gasteiger partial charge in [0.05, 0.1) is 0 Å². The average Bonchev–Trinajstić information content (AvgIpc) is 3.15. The quantitative estimate of drug-likeness (QED) is 0.240. The molecule has 0 amide bonds. The molecule has 0 spiro atoms. The van der Waals surface area contributed by atoms with Crippen molar-refractivity contribution in [2.24, 2.45) is 5.92 Å². The minimum atomic E-state index is 0.261. The van der Waals surface area contributed by atoms with Gasteiger partial charge in [-0.25, -0.2) is 0 Å². The monoisotopic (exact) mass is 717 g/mol. The molecule has 0 saturated carbocycles. The van der Waals surface area contributed by atoms with E-state index >= 15 is 0 Å². The molecule has 1 fully saturated rings. The van der Waals surface area contributed by atoms with Crippen LogP contribution in [-0.4, -0.2) is 115 Å². The summed E-state index contributed by atoms with van der Waals surface area (Å²) in [6.07, 6.45) is 16.4. The van der Waals surface area contributed by atoms with Gasteiger partial charge in [-0.1, -0.05) is 78.4 Å². The van der Waals surface area contributed by atoms with Crippen LogP contribution in [0, 0.1) is 5.92 Å². The van der Waals surface area contributed by atoms with E-state index in [9.17, 15) is 0 Å². The summed E-state index contributed by atoms with van der Waals surface area (Å²) in [7, 11) is 0. The molecule has 280 valence electrons. The van der Waals surface area contributed by atoms with Crippen molar-refractivity contribution in [1.82, 2.24) is 41.7 Å². The molecule has 8 nitrogen and oxygen atoms in total. The summed E-state index contributed by atoms with van der Waals surface area (Å²) in [5, 5.41) is 22.1. The molecule has 51 heavy (non-hydrogen) atoms. The second-order valence-electron chi connectivity index (χ2n) is 14.3.